The summed E-state index contributed by atoms with van der Waals surface area (Å²) in [4.78, 5) is 29.2. The number of nitrogens with one attached hydrogen (secondary N) is 3. The van der Waals surface area contributed by atoms with Gasteiger partial charge in [-0.3, -0.25) is 30.2 Å². The van der Waals surface area contributed by atoms with E-state index >= 15 is 0 Å². The molecule has 0 saturated heterocycles. The average molecular weight is 449 g/mol. The third-order valence-corrected chi connectivity index (χ3v) is 6.08. The Morgan fingerprint density at radius 2 is 1.73 bits per heavy atom. The Morgan fingerprint density at radius 1 is 1.07 bits per heavy atom. The summed E-state index contributed by atoms with van der Waals surface area (Å²) in [5, 5.41) is 0.565. The molecule has 2 amide bonds. The van der Waals surface area contributed by atoms with Crippen molar-refractivity contribution in [2.75, 3.05) is 0 Å². The second kappa shape index (κ2) is 8.85. The van der Waals surface area contributed by atoms with Gasteiger partial charge in [-0.05, 0) is 35.7 Å². The zero-order valence-electron chi connectivity index (χ0n) is 16.3. The van der Waals surface area contributed by atoms with Gasteiger partial charge in [0.15, 0.2) is 0 Å². The van der Waals surface area contributed by atoms with Gasteiger partial charge in [-0.25, -0.2) is 8.42 Å². The fourth-order valence-electron chi connectivity index (χ4n) is 2.92. The first-order chi connectivity index (χ1) is 14.2. The van der Waals surface area contributed by atoms with Crippen molar-refractivity contribution < 1.29 is 18.0 Å². The third-order valence-electron chi connectivity index (χ3n) is 4.43. The molecule has 0 fully saturated rings. The fourth-order valence-corrected chi connectivity index (χ4v) is 4.28. The van der Waals surface area contributed by atoms with Crippen LogP contribution in [0.25, 0.3) is 0 Å². The van der Waals surface area contributed by atoms with Crippen molar-refractivity contribution in [2.24, 2.45) is 10.9 Å². The lowest BCUT2D eigenvalue weighted by Gasteiger charge is -2.17. The Bertz CT molecular complexity index is 1100. The van der Waals surface area contributed by atoms with Crippen LogP contribution in [0, 0.1) is 5.92 Å². The Morgan fingerprint density at radius 3 is 2.40 bits per heavy atom. The minimum atomic E-state index is -3.71. The lowest BCUT2D eigenvalue weighted by Crippen LogP contribution is -2.48. The van der Waals surface area contributed by atoms with Crippen LogP contribution >= 0.6 is 11.6 Å². The molecule has 0 saturated carbocycles. The van der Waals surface area contributed by atoms with Gasteiger partial charge in [0.1, 0.15) is 11.9 Å². The molecule has 0 spiro atoms. The molecule has 2 aromatic rings. The first-order valence-electron chi connectivity index (χ1n) is 9.20. The van der Waals surface area contributed by atoms with Gasteiger partial charge in [0.2, 0.25) is 5.91 Å². The van der Waals surface area contributed by atoms with Crippen LogP contribution in [0.15, 0.2) is 58.4 Å². The lowest BCUT2D eigenvalue weighted by atomic mass is 10.0. The Balaban J connectivity index is 1.69. The number of hydrogen-bond donors (Lipinski definition) is 3. The molecule has 1 aliphatic rings. The highest BCUT2D eigenvalue weighted by atomic mass is 35.5. The highest BCUT2D eigenvalue weighted by Crippen LogP contribution is 2.23. The van der Waals surface area contributed by atoms with Crippen molar-refractivity contribution >= 4 is 39.3 Å². The van der Waals surface area contributed by atoms with Gasteiger partial charge in [0.05, 0.1) is 11.3 Å². The van der Waals surface area contributed by atoms with Gasteiger partial charge in [0.25, 0.3) is 15.9 Å². The van der Waals surface area contributed by atoms with Gasteiger partial charge in [-0.2, -0.15) is 0 Å². The topological polar surface area (TPSA) is 117 Å². The second-order valence-electron chi connectivity index (χ2n) is 7.11. The van der Waals surface area contributed by atoms with Crippen LogP contribution in [0.3, 0.4) is 0 Å². The zero-order chi connectivity index (χ0) is 21.9. The van der Waals surface area contributed by atoms with Gasteiger partial charge in [-0.15, -0.1) is 0 Å². The van der Waals surface area contributed by atoms with Crippen LogP contribution in [-0.2, 0) is 26.0 Å². The number of aliphatic imine (C=N–C) groups is 1. The summed E-state index contributed by atoms with van der Waals surface area (Å²) < 4.78 is 26.9. The molecular formula is C20H21ClN4O4S. The normalized spacial score (nSPS) is 16.6. The Hall–Kier alpha value is -2.91. The maximum absolute atomic E-state index is 12.6. The van der Waals surface area contributed by atoms with Gasteiger partial charge >= 0.3 is 0 Å². The van der Waals surface area contributed by atoms with Crippen LogP contribution in [0.5, 0.6) is 0 Å². The number of hydrogen-bond acceptors (Lipinski definition) is 5. The minimum absolute atomic E-state index is 0.0610. The summed E-state index contributed by atoms with van der Waals surface area (Å²) in [5.41, 5.74) is 5.87. The summed E-state index contributed by atoms with van der Waals surface area (Å²) in [5.74, 6) is -1.10. The average Bonchev–Trinajstić information content (AvgIpc) is 2.96. The van der Waals surface area contributed by atoms with E-state index in [1.165, 1.54) is 6.07 Å². The summed E-state index contributed by atoms with van der Waals surface area (Å²) in [7, 11) is -3.71. The molecule has 1 aliphatic heterocycles. The third kappa shape index (κ3) is 4.98. The number of benzene rings is 2. The first-order valence-corrected chi connectivity index (χ1v) is 11.1. The monoisotopic (exact) mass is 448 g/mol. The molecule has 0 aromatic heterocycles. The summed E-state index contributed by atoms with van der Waals surface area (Å²) in [6.07, 6.45) is 0.0610. The molecule has 2 aromatic carbocycles. The highest BCUT2D eigenvalue weighted by Gasteiger charge is 2.32. The molecule has 3 rings (SSSR count). The van der Waals surface area contributed by atoms with E-state index in [-0.39, 0.29) is 23.1 Å². The van der Waals surface area contributed by atoms with Crippen LogP contribution in [0.1, 0.15) is 25.0 Å². The van der Waals surface area contributed by atoms with Crippen LogP contribution in [-0.4, -0.2) is 32.1 Å². The summed E-state index contributed by atoms with van der Waals surface area (Å²) in [6.45, 7) is 3.55. The number of fused-ring (bicyclic) bond motifs is 1. The Labute approximate surface area is 179 Å². The largest absolute Gasteiger partial charge is 0.273 e. The first kappa shape index (κ1) is 21.8. The minimum Gasteiger partial charge on any atom is -0.273 e. The lowest BCUT2D eigenvalue weighted by molar-refractivity contribution is -0.129. The maximum Gasteiger partial charge on any atom is 0.263 e. The van der Waals surface area contributed by atoms with E-state index in [2.05, 4.69) is 20.6 Å². The van der Waals surface area contributed by atoms with E-state index in [1.54, 1.807) is 56.3 Å². The van der Waals surface area contributed by atoms with Crippen molar-refractivity contribution in [1.29, 1.82) is 0 Å². The van der Waals surface area contributed by atoms with E-state index in [0.717, 1.165) is 5.56 Å². The number of amidine groups is 1. The van der Waals surface area contributed by atoms with Crippen molar-refractivity contribution in [2.45, 2.75) is 31.2 Å². The van der Waals surface area contributed by atoms with Crippen LogP contribution < -0.4 is 15.6 Å². The van der Waals surface area contributed by atoms with Crippen LogP contribution in [0.2, 0.25) is 5.02 Å². The van der Waals surface area contributed by atoms with Gasteiger partial charge < -0.3 is 0 Å². The number of halogens is 1. The van der Waals surface area contributed by atoms with Crippen molar-refractivity contribution in [1.82, 2.24) is 15.6 Å². The van der Waals surface area contributed by atoms with Gasteiger partial charge in [0, 0.05) is 10.6 Å². The second-order valence-corrected chi connectivity index (χ2v) is 9.20. The molecule has 158 valence electrons. The molecular weight excluding hydrogens is 428 g/mol. The van der Waals surface area contributed by atoms with E-state index in [0.29, 0.717) is 10.6 Å². The number of amides is 2. The van der Waals surface area contributed by atoms with Crippen molar-refractivity contribution in [3.05, 3.63) is 64.7 Å². The molecule has 1 atom stereocenters. The maximum atomic E-state index is 12.6. The molecule has 8 nitrogen and oxygen atoms in total. The van der Waals surface area contributed by atoms with E-state index < -0.39 is 27.9 Å². The number of carbonyl (C=O) groups excluding carboxylic acids is 2. The van der Waals surface area contributed by atoms with Crippen molar-refractivity contribution in [3.63, 3.8) is 0 Å². The molecule has 0 radical (unpaired) electrons. The number of hydrazine groups is 1. The fraction of sp³-hybridized carbons (Fsp3) is 0.250. The standard InChI is InChI=1S/C20H21ClN4O4S/c1-12(2)18(22-19-15-5-3-4-6-16(15)30(28,29)25-19)20(27)24-23-17(26)11-13-7-9-14(21)10-8-13/h3-10,12,18H,11H2,1-2H3,(H,22,25)(H,23,26)(H,24,27)/t18-/m0/s1. The molecule has 1 heterocycles. The zero-order valence-corrected chi connectivity index (χ0v) is 17.9. The quantitative estimate of drug-likeness (QED) is 0.604. The molecule has 0 bridgehead atoms. The predicted molar refractivity (Wildman–Crippen MR) is 113 cm³/mol. The molecule has 3 N–H and O–H groups in total. The van der Waals surface area contributed by atoms with E-state index in [4.69, 9.17) is 11.6 Å². The van der Waals surface area contributed by atoms with Gasteiger partial charge in [-0.1, -0.05) is 49.7 Å². The predicted octanol–water partition coefficient (Wildman–Crippen LogP) is 1.79. The van der Waals surface area contributed by atoms with Crippen LogP contribution in [0.4, 0.5) is 0 Å². The number of rotatable bonds is 5. The van der Waals surface area contributed by atoms with E-state index in [1.807, 2.05) is 0 Å². The molecule has 0 unspecified atom stereocenters. The molecule has 30 heavy (non-hydrogen) atoms. The number of carbonyl (C=O) groups is 2. The smallest absolute Gasteiger partial charge is 0.263 e. The number of sulfonamides is 1. The number of nitrogens with zero attached hydrogens (tertiary/aromatic N) is 1. The van der Waals surface area contributed by atoms with E-state index in [9.17, 15) is 18.0 Å². The molecule has 10 heteroatoms. The molecule has 0 aliphatic carbocycles. The highest BCUT2D eigenvalue weighted by molar-refractivity contribution is 7.90. The SMILES string of the molecule is CC(C)[C@H](N=C1NS(=O)(=O)c2ccccc21)C(=O)NNC(=O)Cc1ccc(Cl)cc1. The Kier molecular flexibility index (Phi) is 6.42. The summed E-state index contributed by atoms with van der Waals surface area (Å²) >= 11 is 5.82. The van der Waals surface area contributed by atoms with Crippen molar-refractivity contribution in [3.8, 4) is 0 Å². The summed E-state index contributed by atoms with van der Waals surface area (Å²) in [6, 6.07) is 12.3.